The van der Waals surface area contributed by atoms with Gasteiger partial charge in [-0.1, -0.05) is 36.9 Å². The molecule has 1 rings (SSSR count). The van der Waals surface area contributed by atoms with E-state index in [9.17, 15) is 0 Å². The summed E-state index contributed by atoms with van der Waals surface area (Å²) in [6, 6.07) is 0.698. The summed E-state index contributed by atoms with van der Waals surface area (Å²) < 4.78 is 7.91. The Kier molecular flexibility index (Phi) is 3.02. The van der Waals surface area contributed by atoms with Gasteiger partial charge in [0.2, 0.25) is 0 Å². The number of hydrogen-bond donors (Lipinski definition) is 0. The van der Waals surface area contributed by atoms with Gasteiger partial charge in [-0.05, 0) is 37.3 Å². The monoisotopic (exact) mass is 161 g/mol. The Labute approximate surface area is 76.4 Å². The average molecular weight is 161 g/mol. The minimum atomic E-state index is 0.698. The Bertz CT molecular complexity index is 279. The molecule has 0 heteroatoms. The summed E-state index contributed by atoms with van der Waals surface area (Å²) in [6.07, 6.45) is 11.0. The summed E-state index contributed by atoms with van der Waals surface area (Å²) in [7, 11) is 0. The van der Waals surface area contributed by atoms with Gasteiger partial charge in [0.15, 0.2) is 0 Å². The Morgan fingerprint density at radius 1 is 1.58 bits per heavy atom. The van der Waals surface area contributed by atoms with E-state index in [1.54, 1.807) is 6.08 Å². The second-order valence-electron chi connectivity index (χ2n) is 2.93. The van der Waals surface area contributed by atoms with E-state index in [0.717, 1.165) is 30.4 Å². The van der Waals surface area contributed by atoms with E-state index in [2.05, 4.69) is 6.58 Å². The fourth-order valence-corrected chi connectivity index (χ4v) is 1.39. The quantitative estimate of drug-likeness (QED) is 0.578. The highest BCUT2D eigenvalue weighted by Crippen LogP contribution is 2.22. The van der Waals surface area contributed by atoms with Crippen molar-refractivity contribution in [2.75, 3.05) is 0 Å². The first kappa shape index (κ1) is 7.60. The Morgan fingerprint density at radius 3 is 3.08 bits per heavy atom. The summed E-state index contributed by atoms with van der Waals surface area (Å²) in [5, 5.41) is 0. The van der Waals surface area contributed by atoms with Crippen molar-refractivity contribution in [3.05, 3.63) is 48.1 Å². The molecule has 0 fully saturated rings. The molecular weight excluding hydrogens is 144 g/mol. The lowest BCUT2D eigenvalue weighted by molar-refractivity contribution is 0.797. The van der Waals surface area contributed by atoms with Gasteiger partial charge < -0.3 is 0 Å². The normalized spacial score (nSPS) is 23.4. The third kappa shape index (κ3) is 2.54. The molecule has 12 heavy (non-hydrogen) atoms. The highest BCUT2D eigenvalue weighted by molar-refractivity contribution is 5.34. The molecule has 64 valence electrons. The molecule has 0 aromatic carbocycles. The largest absolute Gasteiger partial charge is 0.0991 e. The molecule has 0 spiro atoms. The molecule has 0 saturated heterocycles. The van der Waals surface area contributed by atoms with Crippen LogP contribution in [0.5, 0.6) is 0 Å². The minimum absolute atomic E-state index is 0.698. The number of allylic oxidation sites excluding steroid dienone is 7. The van der Waals surface area contributed by atoms with Gasteiger partial charge in [0.1, 0.15) is 0 Å². The summed E-state index contributed by atoms with van der Waals surface area (Å²) in [5.74, 6) is 0. The minimum Gasteiger partial charge on any atom is -0.0991 e. The summed E-state index contributed by atoms with van der Waals surface area (Å²) in [5.41, 5.74) is 2.27. The zero-order valence-corrected chi connectivity index (χ0v) is 7.64. The fraction of sp³-hybridized carbons (Fsp3) is 0.333. The van der Waals surface area contributed by atoms with Crippen LogP contribution in [0.4, 0.5) is 0 Å². The molecule has 0 saturated carbocycles. The molecular formula is C12H16. The maximum atomic E-state index is 7.91. The van der Waals surface area contributed by atoms with Gasteiger partial charge in [0.25, 0.3) is 0 Å². The molecule has 0 nitrogen and oxygen atoms in total. The van der Waals surface area contributed by atoms with Crippen molar-refractivity contribution in [2.24, 2.45) is 0 Å². The van der Waals surface area contributed by atoms with Crippen molar-refractivity contribution in [3.8, 4) is 0 Å². The maximum Gasteiger partial charge on any atom is 0.0629 e. The predicted octanol–water partition coefficient (Wildman–Crippen LogP) is 3.79. The lowest BCUT2D eigenvalue weighted by Crippen LogP contribution is -1.91. The average Bonchev–Trinajstić information content (AvgIpc) is 2.13. The van der Waals surface area contributed by atoms with Crippen LogP contribution in [0, 0.1) is 0 Å². The van der Waals surface area contributed by atoms with Crippen molar-refractivity contribution in [1.29, 1.82) is 0 Å². The van der Waals surface area contributed by atoms with Crippen molar-refractivity contribution in [3.63, 3.8) is 0 Å². The summed E-state index contributed by atoms with van der Waals surface area (Å²) in [4.78, 5) is 0. The molecule has 0 bridgehead atoms. The van der Waals surface area contributed by atoms with Crippen molar-refractivity contribution < 1.29 is 1.37 Å². The first-order valence-electron chi connectivity index (χ1n) is 4.94. The molecule has 0 heterocycles. The zero-order valence-electron chi connectivity index (χ0n) is 8.64. The van der Waals surface area contributed by atoms with Gasteiger partial charge in [-0.3, -0.25) is 0 Å². The highest BCUT2D eigenvalue weighted by Gasteiger charge is 2.03. The van der Waals surface area contributed by atoms with Crippen molar-refractivity contribution in [2.45, 2.75) is 26.2 Å². The number of rotatable bonds is 2. The first-order chi connectivity index (χ1) is 6.29. The molecule has 0 radical (unpaired) electrons. The van der Waals surface area contributed by atoms with Gasteiger partial charge in [-0.25, -0.2) is 0 Å². The topological polar surface area (TPSA) is 0 Å². The molecule has 0 atom stereocenters. The Balaban J connectivity index is 2.98. The zero-order chi connectivity index (χ0) is 9.68. The molecule has 1 aliphatic carbocycles. The van der Waals surface area contributed by atoms with Crippen LogP contribution in [-0.2, 0) is 0 Å². The van der Waals surface area contributed by atoms with Crippen LogP contribution in [-0.4, -0.2) is 0 Å². The van der Waals surface area contributed by atoms with Crippen LogP contribution in [0.1, 0.15) is 27.6 Å². The third-order valence-corrected chi connectivity index (χ3v) is 1.90. The van der Waals surface area contributed by atoms with Gasteiger partial charge >= 0.3 is 0 Å². The van der Waals surface area contributed by atoms with E-state index in [1.165, 1.54) is 0 Å². The van der Waals surface area contributed by atoms with E-state index >= 15 is 0 Å². The third-order valence-electron chi connectivity index (χ3n) is 1.90. The van der Waals surface area contributed by atoms with Gasteiger partial charge in [0, 0.05) is 0 Å². The van der Waals surface area contributed by atoms with Crippen LogP contribution >= 0.6 is 0 Å². The molecule has 0 N–H and O–H groups in total. The van der Waals surface area contributed by atoms with E-state index in [0.29, 0.717) is 6.05 Å². The number of hydrogen-bond acceptors (Lipinski definition) is 0. The van der Waals surface area contributed by atoms with E-state index in [4.69, 9.17) is 1.37 Å². The molecule has 0 aromatic rings. The second-order valence-corrected chi connectivity index (χ2v) is 2.93. The van der Waals surface area contributed by atoms with E-state index in [1.807, 2.05) is 25.2 Å². The Morgan fingerprint density at radius 2 is 2.42 bits per heavy atom. The Hall–Kier alpha value is -1.04. The van der Waals surface area contributed by atoms with Crippen LogP contribution in [0.15, 0.2) is 48.1 Å². The van der Waals surface area contributed by atoms with Crippen LogP contribution in [0.25, 0.3) is 0 Å². The molecule has 0 aromatic heterocycles. The molecule has 0 amide bonds. The second kappa shape index (κ2) is 4.76. The van der Waals surface area contributed by atoms with Crippen molar-refractivity contribution in [1.82, 2.24) is 0 Å². The first-order valence-corrected chi connectivity index (χ1v) is 4.44. The van der Waals surface area contributed by atoms with Gasteiger partial charge in [-0.15, -0.1) is 0 Å². The van der Waals surface area contributed by atoms with Crippen molar-refractivity contribution >= 4 is 0 Å². The smallest absolute Gasteiger partial charge is 0.0629 e. The summed E-state index contributed by atoms with van der Waals surface area (Å²) in [6.45, 7) is 5.65. The SMILES string of the molecule is [2H]C1=C(/C=C/C)CCC/C1=C\C=C. The van der Waals surface area contributed by atoms with Crippen LogP contribution in [0.2, 0.25) is 0 Å². The highest BCUT2D eigenvalue weighted by atomic mass is 14.1. The fourth-order valence-electron chi connectivity index (χ4n) is 1.39. The molecule has 1 aliphatic rings. The van der Waals surface area contributed by atoms with E-state index < -0.39 is 0 Å². The molecule has 0 aliphatic heterocycles. The summed E-state index contributed by atoms with van der Waals surface area (Å²) >= 11 is 0. The maximum absolute atomic E-state index is 7.91. The lowest BCUT2D eigenvalue weighted by Gasteiger charge is -2.11. The van der Waals surface area contributed by atoms with E-state index in [-0.39, 0.29) is 0 Å². The standard InChI is InChI=1S/C12H16/c1-3-6-11-8-5-9-12(10-11)7-4-2/h3-4,6-7,10H,1,5,8-9H2,2H3/b7-4+,11-6+/i10D. The van der Waals surface area contributed by atoms with Crippen LogP contribution < -0.4 is 0 Å². The van der Waals surface area contributed by atoms with Crippen LogP contribution in [0.3, 0.4) is 0 Å². The lowest BCUT2D eigenvalue weighted by atomic mass is 9.95. The van der Waals surface area contributed by atoms with Gasteiger partial charge in [0.05, 0.1) is 1.37 Å². The van der Waals surface area contributed by atoms with Gasteiger partial charge in [-0.2, -0.15) is 0 Å². The predicted molar refractivity (Wildman–Crippen MR) is 55.0 cm³/mol. The molecule has 0 unspecified atom stereocenters.